The maximum absolute atomic E-state index is 16.6. The van der Waals surface area contributed by atoms with Crippen molar-refractivity contribution in [2.75, 3.05) is 39.5 Å². The predicted octanol–water partition coefficient (Wildman–Crippen LogP) is 5.56. The SMILES string of the molecule is Cc1cccc(F)c1S(=O)(=O)Nc1cccc(-c2nc(N3C4CCC3CN(C3CC(F)(F)C3)C4)sc2-c2ccnc(N[C@@H]3[C@@H]4CS(=O)(=O)C[C@@H]43)n2)c1F. The van der Waals surface area contributed by atoms with Crippen molar-refractivity contribution >= 4 is 48.0 Å². The highest BCUT2D eigenvalue weighted by atomic mass is 32.2. The molecule has 3 saturated heterocycles. The molecule has 53 heavy (non-hydrogen) atoms. The molecule has 2 aliphatic carbocycles. The number of likely N-dealkylation sites (tertiary alicyclic amines) is 1. The van der Waals surface area contributed by atoms with Crippen LogP contribution in [0, 0.1) is 30.4 Å². The zero-order chi connectivity index (χ0) is 37.0. The molecule has 5 aliphatic rings. The number of sulfone groups is 1. The summed E-state index contributed by atoms with van der Waals surface area (Å²) in [5, 5.41) is 3.87. The number of nitrogens with one attached hydrogen (secondary N) is 2. The largest absolute Gasteiger partial charge is 0.351 e. The molecule has 2 aromatic heterocycles. The van der Waals surface area contributed by atoms with Crippen LogP contribution in [0.4, 0.5) is 34.3 Å². The molecule has 9 rings (SSSR count). The molecule has 0 radical (unpaired) electrons. The Kier molecular flexibility index (Phi) is 8.11. The van der Waals surface area contributed by atoms with Gasteiger partial charge in [0.05, 0.1) is 33.5 Å². The van der Waals surface area contributed by atoms with E-state index in [0.29, 0.717) is 28.8 Å². The Morgan fingerprint density at radius 1 is 0.943 bits per heavy atom. The van der Waals surface area contributed by atoms with Gasteiger partial charge < -0.3 is 10.2 Å². The minimum atomic E-state index is -4.53. The van der Waals surface area contributed by atoms with Gasteiger partial charge in [0, 0.05) is 61.9 Å². The van der Waals surface area contributed by atoms with Crippen LogP contribution in [0.5, 0.6) is 0 Å². The number of hydrogen-bond acceptors (Lipinski definition) is 11. The number of aryl methyl sites for hydroxylation is 1. The number of benzene rings is 2. The highest BCUT2D eigenvalue weighted by Crippen LogP contribution is 2.50. The molecule has 2 saturated carbocycles. The van der Waals surface area contributed by atoms with Gasteiger partial charge in [-0.15, -0.1) is 0 Å². The summed E-state index contributed by atoms with van der Waals surface area (Å²) in [6, 6.07) is 9.53. The van der Waals surface area contributed by atoms with Gasteiger partial charge in [-0.25, -0.2) is 49.3 Å². The van der Waals surface area contributed by atoms with Gasteiger partial charge in [0.15, 0.2) is 20.8 Å². The van der Waals surface area contributed by atoms with Gasteiger partial charge in [0.25, 0.3) is 15.9 Å². The molecule has 5 atom stereocenters. The Labute approximate surface area is 307 Å². The number of sulfonamides is 1. The lowest BCUT2D eigenvalue weighted by atomic mass is 9.86. The molecule has 0 spiro atoms. The Morgan fingerprint density at radius 3 is 2.32 bits per heavy atom. The third-order valence-corrected chi connectivity index (χ3v) is 15.7. The van der Waals surface area contributed by atoms with Crippen LogP contribution in [0.3, 0.4) is 0 Å². The van der Waals surface area contributed by atoms with Crippen LogP contribution in [-0.4, -0.2) is 91.4 Å². The number of nitrogens with zero attached hydrogens (tertiary/aromatic N) is 5. The summed E-state index contributed by atoms with van der Waals surface area (Å²) in [5.74, 6) is -4.00. The Hall–Kier alpha value is -3.87. The molecule has 4 aromatic rings. The fourth-order valence-corrected chi connectivity index (χ4v) is 13.4. The number of alkyl halides is 2. The van der Waals surface area contributed by atoms with Gasteiger partial charge in [0.1, 0.15) is 10.7 Å². The van der Waals surface area contributed by atoms with E-state index in [1.54, 1.807) is 12.3 Å². The van der Waals surface area contributed by atoms with Crippen LogP contribution in [0.2, 0.25) is 0 Å². The lowest BCUT2D eigenvalue weighted by Gasteiger charge is -2.49. The van der Waals surface area contributed by atoms with Gasteiger partial charge in [0.2, 0.25) is 5.95 Å². The van der Waals surface area contributed by atoms with Crippen molar-refractivity contribution < 1.29 is 34.4 Å². The van der Waals surface area contributed by atoms with Gasteiger partial charge in [-0.3, -0.25) is 9.62 Å². The molecule has 2 aromatic carbocycles. The van der Waals surface area contributed by atoms with E-state index >= 15 is 4.39 Å². The van der Waals surface area contributed by atoms with Crippen molar-refractivity contribution in [3.05, 3.63) is 65.9 Å². The van der Waals surface area contributed by atoms with Crippen LogP contribution in [-0.2, 0) is 19.9 Å². The van der Waals surface area contributed by atoms with Crippen LogP contribution < -0.4 is 14.9 Å². The second-order valence-corrected chi connectivity index (χ2v) is 19.6. The fraction of sp³-hybridized carbons (Fsp3) is 0.457. The second-order valence-electron chi connectivity index (χ2n) is 14.8. The topological polar surface area (TPSA) is 137 Å². The Bertz CT molecular complexity index is 2300. The van der Waals surface area contributed by atoms with E-state index < -0.39 is 48.0 Å². The van der Waals surface area contributed by atoms with E-state index in [0.717, 1.165) is 18.9 Å². The molecule has 3 aliphatic heterocycles. The van der Waals surface area contributed by atoms with Crippen molar-refractivity contribution in [3.63, 3.8) is 0 Å². The van der Waals surface area contributed by atoms with Crippen molar-refractivity contribution in [2.45, 2.75) is 67.6 Å². The maximum atomic E-state index is 16.6. The van der Waals surface area contributed by atoms with Gasteiger partial charge in [-0.05, 0) is 61.4 Å². The lowest BCUT2D eigenvalue weighted by molar-refractivity contribution is -0.127. The number of rotatable bonds is 9. The van der Waals surface area contributed by atoms with Crippen LogP contribution >= 0.6 is 11.3 Å². The first-order chi connectivity index (χ1) is 25.2. The maximum Gasteiger partial charge on any atom is 0.265 e. The number of thiazole rings is 1. The number of fused-ring (bicyclic) bond motifs is 3. The van der Waals surface area contributed by atoms with Crippen molar-refractivity contribution in [1.82, 2.24) is 19.9 Å². The van der Waals surface area contributed by atoms with E-state index in [-0.39, 0.29) is 83.1 Å². The van der Waals surface area contributed by atoms with Crippen LogP contribution in [0.1, 0.15) is 31.2 Å². The first-order valence-corrected chi connectivity index (χ1v) is 21.6. The average molecular weight is 790 g/mol. The standard InChI is InChI=1S/C35H35F4N7O4S3/c1-18-4-2-6-25(36)32(18)53(49,50)44-26-7-3-5-22(28(26)37)30-31(27-10-11-40-33(41-27)42-29-23-16-52(47,48)17-24(23)29)51-34(43-30)46-19-8-9-20(46)15-45(14-19)21-12-35(38,39)13-21/h2-7,10-11,19-21,23-24,29,44H,8-9,12-17H2,1H3,(H,40,41,42)/t19?,20?,23-,24+,29-. The molecule has 2 bridgehead atoms. The Morgan fingerprint density at radius 2 is 1.64 bits per heavy atom. The molecule has 5 fully saturated rings. The normalized spacial score (nSPS) is 27.3. The zero-order valence-electron chi connectivity index (χ0n) is 28.3. The average Bonchev–Trinajstić information content (AvgIpc) is 3.36. The molecular formula is C35H35F4N7O4S3. The summed E-state index contributed by atoms with van der Waals surface area (Å²) in [4.78, 5) is 18.4. The van der Waals surface area contributed by atoms with Gasteiger partial charge in [-0.1, -0.05) is 29.5 Å². The molecule has 18 heteroatoms. The first-order valence-electron chi connectivity index (χ1n) is 17.4. The quantitative estimate of drug-likeness (QED) is 0.208. The molecule has 2 unspecified atom stereocenters. The summed E-state index contributed by atoms with van der Waals surface area (Å²) >= 11 is 1.30. The first kappa shape index (κ1) is 34.9. The summed E-state index contributed by atoms with van der Waals surface area (Å²) in [6.45, 7) is 2.65. The van der Waals surface area contributed by atoms with Crippen molar-refractivity contribution in [1.29, 1.82) is 0 Å². The minimum absolute atomic E-state index is 0.00751. The summed E-state index contributed by atoms with van der Waals surface area (Å²) in [7, 11) is -7.57. The number of piperazine rings is 1. The van der Waals surface area contributed by atoms with E-state index in [2.05, 4.69) is 24.8 Å². The third-order valence-electron chi connectivity index (χ3n) is 11.3. The number of anilines is 3. The number of halogens is 4. The predicted molar refractivity (Wildman–Crippen MR) is 192 cm³/mol. The minimum Gasteiger partial charge on any atom is -0.351 e. The van der Waals surface area contributed by atoms with Crippen LogP contribution in [0.25, 0.3) is 21.8 Å². The van der Waals surface area contributed by atoms with Crippen molar-refractivity contribution in [3.8, 4) is 21.8 Å². The molecule has 0 amide bonds. The van der Waals surface area contributed by atoms with E-state index in [4.69, 9.17) is 9.97 Å². The summed E-state index contributed by atoms with van der Waals surface area (Å²) in [6.07, 6.45) is 2.96. The Balaban J connectivity index is 1.07. The fourth-order valence-electron chi connectivity index (χ4n) is 8.63. The third kappa shape index (κ3) is 6.24. The number of hydrogen-bond donors (Lipinski definition) is 2. The molecule has 11 nitrogen and oxygen atoms in total. The van der Waals surface area contributed by atoms with Gasteiger partial charge >= 0.3 is 0 Å². The monoisotopic (exact) mass is 789 g/mol. The lowest BCUT2D eigenvalue weighted by Crippen LogP contribution is -2.61. The van der Waals surface area contributed by atoms with E-state index in [1.165, 1.54) is 48.6 Å². The van der Waals surface area contributed by atoms with Gasteiger partial charge in [-0.2, -0.15) is 0 Å². The van der Waals surface area contributed by atoms with Crippen LogP contribution in [0.15, 0.2) is 53.6 Å². The zero-order valence-corrected chi connectivity index (χ0v) is 30.8. The summed E-state index contributed by atoms with van der Waals surface area (Å²) < 4.78 is 112. The van der Waals surface area contributed by atoms with Crippen molar-refractivity contribution in [2.24, 2.45) is 11.8 Å². The molecular weight excluding hydrogens is 755 g/mol. The molecule has 5 heterocycles. The summed E-state index contributed by atoms with van der Waals surface area (Å²) in [5.41, 5.74) is 0.397. The van der Waals surface area contributed by atoms with E-state index in [1.807, 2.05) is 0 Å². The molecule has 2 N–H and O–H groups in total. The second kappa shape index (κ2) is 12.3. The smallest absolute Gasteiger partial charge is 0.265 e. The number of aromatic nitrogens is 3. The highest BCUT2D eigenvalue weighted by Gasteiger charge is 2.59. The van der Waals surface area contributed by atoms with E-state index in [9.17, 15) is 30.0 Å². The highest BCUT2D eigenvalue weighted by molar-refractivity contribution is 7.92. The molecule has 280 valence electrons.